The molecule has 0 atom stereocenters. The number of hydrogen-bond donors (Lipinski definition) is 1. The SMILES string of the molecule is CC(C)(C)c1cc(CC2(NC3CCCCC3)COC2)no1. The van der Waals surface area contributed by atoms with Crippen molar-refractivity contribution in [1.82, 2.24) is 10.5 Å². The topological polar surface area (TPSA) is 47.3 Å². The highest BCUT2D eigenvalue weighted by Gasteiger charge is 2.41. The first-order valence-electron chi connectivity index (χ1n) is 8.28. The molecule has 1 aromatic heterocycles. The lowest BCUT2D eigenvalue weighted by Gasteiger charge is -2.45. The maximum Gasteiger partial charge on any atom is 0.142 e. The highest BCUT2D eigenvalue weighted by atomic mass is 16.5. The van der Waals surface area contributed by atoms with Gasteiger partial charge in [0.15, 0.2) is 0 Å². The molecule has 1 saturated heterocycles. The first-order valence-corrected chi connectivity index (χ1v) is 8.28. The third-order valence-corrected chi connectivity index (χ3v) is 4.69. The number of nitrogens with one attached hydrogen (secondary N) is 1. The van der Waals surface area contributed by atoms with Gasteiger partial charge in [-0.2, -0.15) is 0 Å². The van der Waals surface area contributed by atoms with Gasteiger partial charge in [-0.1, -0.05) is 45.2 Å². The van der Waals surface area contributed by atoms with Gasteiger partial charge in [-0.25, -0.2) is 0 Å². The van der Waals surface area contributed by atoms with E-state index in [2.05, 4.69) is 37.3 Å². The van der Waals surface area contributed by atoms with E-state index in [1.165, 1.54) is 32.1 Å². The van der Waals surface area contributed by atoms with Crippen LogP contribution in [0.1, 0.15) is 64.3 Å². The summed E-state index contributed by atoms with van der Waals surface area (Å²) in [6.07, 6.45) is 7.60. The summed E-state index contributed by atoms with van der Waals surface area (Å²) in [6.45, 7) is 8.04. The zero-order valence-corrected chi connectivity index (χ0v) is 13.6. The number of rotatable bonds is 4. The van der Waals surface area contributed by atoms with E-state index in [1.54, 1.807) is 0 Å². The van der Waals surface area contributed by atoms with Crippen molar-refractivity contribution >= 4 is 0 Å². The first kappa shape index (κ1) is 15.0. The average Bonchev–Trinajstić information content (AvgIpc) is 2.86. The van der Waals surface area contributed by atoms with Crippen molar-refractivity contribution in [3.8, 4) is 0 Å². The zero-order valence-electron chi connectivity index (χ0n) is 13.6. The Balaban J connectivity index is 1.64. The molecule has 4 heteroatoms. The van der Waals surface area contributed by atoms with Gasteiger partial charge in [0.2, 0.25) is 0 Å². The second-order valence-electron chi connectivity index (χ2n) is 7.86. The van der Waals surface area contributed by atoms with Crippen molar-refractivity contribution in [3.63, 3.8) is 0 Å². The van der Waals surface area contributed by atoms with Crippen molar-refractivity contribution in [2.75, 3.05) is 13.2 Å². The van der Waals surface area contributed by atoms with Crippen molar-refractivity contribution in [1.29, 1.82) is 0 Å². The predicted molar refractivity (Wildman–Crippen MR) is 82.5 cm³/mol. The quantitative estimate of drug-likeness (QED) is 0.925. The summed E-state index contributed by atoms with van der Waals surface area (Å²) in [5, 5.41) is 8.13. The second-order valence-corrected chi connectivity index (χ2v) is 7.86. The predicted octanol–water partition coefficient (Wildman–Crippen LogP) is 3.21. The van der Waals surface area contributed by atoms with E-state index in [0.717, 1.165) is 31.1 Å². The van der Waals surface area contributed by atoms with Gasteiger partial charge in [-0.15, -0.1) is 0 Å². The number of nitrogens with zero attached hydrogens (tertiary/aromatic N) is 1. The van der Waals surface area contributed by atoms with E-state index >= 15 is 0 Å². The lowest BCUT2D eigenvalue weighted by Crippen LogP contribution is -2.64. The fourth-order valence-electron chi connectivity index (χ4n) is 3.36. The number of ether oxygens (including phenoxy) is 1. The first-order chi connectivity index (χ1) is 9.97. The van der Waals surface area contributed by atoms with Crippen LogP contribution in [0.25, 0.3) is 0 Å². The van der Waals surface area contributed by atoms with Crippen molar-refractivity contribution < 1.29 is 9.26 Å². The molecular weight excluding hydrogens is 264 g/mol. The van der Waals surface area contributed by atoms with E-state index in [4.69, 9.17) is 9.26 Å². The van der Waals surface area contributed by atoms with Crippen LogP contribution in [0.15, 0.2) is 10.6 Å². The minimum Gasteiger partial charge on any atom is -0.377 e. The monoisotopic (exact) mass is 292 g/mol. The summed E-state index contributed by atoms with van der Waals surface area (Å²) >= 11 is 0. The highest BCUT2D eigenvalue weighted by Crippen LogP contribution is 2.29. The Morgan fingerprint density at radius 2 is 1.95 bits per heavy atom. The van der Waals surface area contributed by atoms with Gasteiger partial charge in [0, 0.05) is 23.9 Å². The van der Waals surface area contributed by atoms with Gasteiger partial charge in [-0.3, -0.25) is 0 Å². The van der Waals surface area contributed by atoms with Gasteiger partial charge in [0.05, 0.1) is 24.4 Å². The molecule has 21 heavy (non-hydrogen) atoms. The molecule has 2 aliphatic rings. The van der Waals surface area contributed by atoms with Crippen molar-refractivity contribution in [3.05, 3.63) is 17.5 Å². The third kappa shape index (κ3) is 3.49. The third-order valence-electron chi connectivity index (χ3n) is 4.69. The summed E-state index contributed by atoms with van der Waals surface area (Å²) in [5.74, 6) is 0.963. The van der Waals surface area contributed by atoms with E-state index < -0.39 is 0 Å². The van der Waals surface area contributed by atoms with Gasteiger partial charge in [0.25, 0.3) is 0 Å². The molecule has 0 unspecified atom stereocenters. The van der Waals surface area contributed by atoms with Gasteiger partial charge < -0.3 is 14.6 Å². The fourth-order valence-corrected chi connectivity index (χ4v) is 3.36. The molecule has 0 bridgehead atoms. The van der Waals surface area contributed by atoms with Crippen LogP contribution in [0.5, 0.6) is 0 Å². The maximum atomic E-state index is 5.51. The number of hydrogen-bond acceptors (Lipinski definition) is 4. The van der Waals surface area contributed by atoms with Gasteiger partial charge in [0.1, 0.15) is 5.76 Å². The standard InChI is InChI=1S/C17H28N2O2/c1-16(2,3)15-9-14(19-21-15)10-17(11-20-12-17)18-13-7-5-4-6-8-13/h9,13,18H,4-8,10-12H2,1-3H3. The van der Waals surface area contributed by atoms with Crippen LogP contribution >= 0.6 is 0 Å². The van der Waals surface area contributed by atoms with Crippen LogP contribution in [0.4, 0.5) is 0 Å². The lowest BCUT2D eigenvalue weighted by molar-refractivity contribution is -0.0815. The van der Waals surface area contributed by atoms with Gasteiger partial charge in [-0.05, 0) is 12.8 Å². The number of aromatic nitrogens is 1. The largest absolute Gasteiger partial charge is 0.377 e. The Labute approximate surface area is 127 Å². The Bertz CT molecular complexity index is 465. The minimum atomic E-state index is 0.0192. The van der Waals surface area contributed by atoms with Crippen molar-refractivity contribution in [2.24, 2.45) is 0 Å². The molecule has 1 aliphatic carbocycles. The Morgan fingerprint density at radius 1 is 1.24 bits per heavy atom. The highest BCUT2D eigenvalue weighted by molar-refractivity contribution is 5.17. The average molecular weight is 292 g/mol. The van der Waals surface area contributed by atoms with Crippen LogP contribution in [-0.4, -0.2) is 30.0 Å². The molecule has 4 nitrogen and oxygen atoms in total. The Morgan fingerprint density at radius 3 is 2.48 bits per heavy atom. The minimum absolute atomic E-state index is 0.0192. The zero-order chi connectivity index (χ0) is 14.9. The Kier molecular flexibility index (Phi) is 4.10. The Hall–Kier alpha value is -0.870. The lowest BCUT2D eigenvalue weighted by atomic mass is 9.86. The summed E-state index contributed by atoms with van der Waals surface area (Å²) in [4.78, 5) is 0. The fraction of sp³-hybridized carbons (Fsp3) is 0.824. The smallest absolute Gasteiger partial charge is 0.142 e. The van der Waals surface area contributed by atoms with Crippen LogP contribution in [0, 0.1) is 0 Å². The summed E-state index contributed by atoms with van der Waals surface area (Å²) in [5.41, 5.74) is 1.14. The van der Waals surface area contributed by atoms with E-state index in [0.29, 0.717) is 6.04 Å². The molecule has 1 aromatic rings. The molecule has 2 heterocycles. The summed E-state index contributed by atoms with van der Waals surface area (Å²) < 4.78 is 11.0. The molecule has 1 aliphatic heterocycles. The second kappa shape index (κ2) is 5.73. The van der Waals surface area contributed by atoms with Gasteiger partial charge >= 0.3 is 0 Å². The molecule has 0 spiro atoms. The van der Waals surface area contributed by atoms with Crippen LogP contribution in [0.2, 0.25) is 0 Å². The van der Waals surface area contributed by atoms with E-state index in [1.807, 2.05) is 0 Å². The molecule has 3 rings (SSSR count). The normalized spacial score (nSPS) is 23.0. The molecule has 0 aromatic carbocycles. The molecule has 2 fully saturated rings. The molecule has 0 amide bonds. The van der Waals surface area contributed by atoms with Crippen molar-refractivity contribution in [2.45, 2.75) is 76.3 Å². The molecule has 1 saturated carbocycles. The molecular formula is C17H28N2O2. The molecule has 0 radical (unpaired) electrons. The van der Waals surface area contributed by atoms with E-state index in [9.17, 15) is 0 Å². The summed E-state index contributed by atoms with van der Waals surface area (Å²) in [7, 11) is 0. The van der Waals surface area contributed by atoms with E-state index in [-0.39, 0.29) is 11.0 Å². The molecule has 1 N–H and O–H groups in total. The summed E-state index contributed by atoms with van der Waals surface area (Å²) in [6, 6.07) is 2.76. The van der Waals surface area contributed by atoms with Crippen LogP contribution in [0.3, 0.4) is 0 Å². The van der Waals surface area contributed by atoms with Crippen LogP contribution < -0.4 is 5.32 Å². The maximum absolute atomic E-state index is 5.51. The molecule has 118 valence electrons. The van der Waals surface area contributed by atoms with Crippen LogP contribution in [-0.2, 0) is 16.6 Å².